The van der Waals surface area contributed by atoms with Crippen LogP contribution in [-0.2, 0) is 6.54 Å². The summed E-state index contributed by atoms with van der Waals surface area (Å²) in [5, 5.41) is 5.74. The molecule has 0 saturated carbocycles. The Morgan fingerprint density at radius 2 is 2.10 bits per heavy atom. The summed E-state index contributed by atoms with van der Waals surface area (Å²) in [7, 11) is 0. The molecule has 0 radical (unpaired) electrons. The highest BCUT2D eigenvalue weighted by Gasteiger charge is 2.12. The van der Waals surface area contributed by atoms with E-state index in [1.54, 1.807) is 11.3 Å². The van der Waals surface area contributed by atoms with E-state index in [0.717, 1.165) is 6.54 Å². The summed E-state index contributed by atoms with van der Waals surface area (Å²) in [5.41, 5.74) is 2.62. The van der Waals surface area contributed by atoms with Crippen LogP contribution in [0.5, 0.6) is 0 Å². The smallest absolute Gasteiger partial charge is 0.0578 e. The van der Waals surface area contributed by atoms with Crippen LogP contribution in [0.25, 0.3) is 0 Å². The molecule has 1 fully saturated rings. The summed E-state index contributed by atoms with van der Waals surface area (Å²) in [6.45, 7) is 5.79. The average Bonchev–Trinajstić information content (AvgIpc) is 3.11. The first-order valence-electron chi connectivity index (χ1n) is 7.52. The Labute approximate surface area is 139 Å². The summed E-state index contributed by atoms with van der Waals surface area (Å²) >= 11 is 5.31. The Morgan fingerprint density at radius 1 is 1.29 bits per heavy atom. The van der Waals surface area contributed by atoms with Crippen LogP contribution in [0, 0.1) is 0 Å². The summed E-state index contributed by atoms with van der Waals surface area (Å²) in [4.78, 5) is 3.89. The fourth-order valence-corrected chi connectivity index (χ4v) is 4.29. The van der Waals surface area contributed by atoms with Crippen molar-refractivity contribution in [2.45, 2.75) is 32.4 Å². The van der Waals surface area contributed by atoms with Gasteiger partial charge in [0.2, 0.25) is 0 Å². The first kappa shape index (κ1) is 15.1. The number of likely N-dealkylation sites (tertiary alicyclic amines) is 1. The normalized spacial score (nSPS) is 17.0. The number of anilines is 1. The minimum Gasteiger partial charge on any atom is -0.378 e. The molecule has 112 valence electrons. The molecule has 1 saturated heterocycles. The number of benzene rings is 1. The Bertz CT molecular complexity index is 590. The van der Waals surface area contributed by atoms with Gasteiger partial charge in [-0.3, -0.25) is 4.90 Å². The first-order chi connectivity index (χ1) is 10.2. The molecule has 0 spiro atoms. The van der Waals surface area contributed by atoms with E-state index in [1.807, 2.05) is 0 Å². The van der Waals surface area contributed by atoms with Gasteiger partial charge < -0.3 is 5.32 Å². The van der Waals surface area contributed by atoms with Crippen LogP contribution in [-0.4, -0.2) is 18.0 Å². The summed E-state index contributed by atoms with van der Waals surface area (Å²) in [6, 6.07) is 11.4. The average molecular weight is 365 g/mol. The van der Waals surface area contributed by atoms with Crippen molar-refractivity contribution in [3.8, 4) is 0 Å². The number of hydrogen-bond acceptors (Lipinski definition) is 3. The number of halogens is 1. The molecule has 1 unspecified atom stereocenters. The highest BCUT2D eigenvalue weighted by atomic mass is 79.9. The topological polar surface area (TPSA) is 15.3 Å². The van der Waals surface area contributed by atoms with E-state index in [2.05, 4.69) is 68.8 Å². The summed E-state index contributed by atoms with van der Waals surface area (Å²) < 4.78 is 1.17. The quantitative estimate of drug-likeness (QED) is 0.776. The largest absolute Gasteiger partial charge is 0.378 e. The number of nitrogens with one attached hydrogen (secondary N) is 1. The number of thiophene rings is 1. The fraction of sp³-hybridized carbons (Fsp3) is 0.412. The molecule has 1 aromatic heterocycles. The first-order valence-corrected chi connectivity index (χ1v) is 9.20. The summed E-state index contributed by atoms with van der Waals surface area (Å²) in [6.07, 6.45) is 2.70. The highest BCUT2D eigenvalue weighted by Crippen LogP contribution is 2.28. The van der Waals surface area contributed by atoms with Gasteiger partial charge in [-0.1, -0.05) is 12.1 Å². The van der Waals surface area contributed by atoms with Crippen molar-refractivity contribution in [1.82, 2.24) is 4.90 Å². The minimum absolute atomic E-state index is 0.336. The van der Waals surface area contributed by atoms with E-state index in [1.165, 1.54) is 46.5 Å². The number of rotatable bonds is 5. The lowest BCUT2D eigenvalue weighted by Gasteiger charge is -2.17. The van der Waals surface area contributed by atoms with Crippen LogP contribution < -0.4 is 5.32 Å². The van der Waals surface area contributed by atoms with Gasteiger partial charge in [-0.2, -0.15) is 0 Å². The molecule has 0 aliphatic carbocycles. The second-order valence-corrected chi connectivity index (χ2v) is 7.58. The molecule has 1 aliphatic rings. The van der Waals surface area contributed by atoms with E-state index in [9.17, 15) is 0 Å². The third-order valence-electron chi connectivity index (χ3n) is 3.93. The van der Waals surface area contributed by atoms with Gasteiger partial charge in [0.25, 0.3) is 0 Å². The maximum Gasteiger partial charge on any atom is 0.0578 e. The zero-order chi connectivity index (χ0) is 14.7. The van der Waals surface area contributed by atoms with Gasteiger partial charge in [0, 0.05) is 27.0 Å². The molecular weight excluding hydrogens is 344 g/mol. The van der Waals surface area contributed by atoms with Crippen molar-refractivity contribution in [1.29, 1.82) is 0 Å². The van der Waals surface area contributed by atoms with E-state index in [0.29, 0.717) is 6.04 Å². The predicted octanol–water partition coefficient (Wildman–Crippen LogP) is 5.28. The third kappa shape index (κ3) is 4.09. The van der Waals surface area contributed by atoms with E-state index >= 15 is 0 Å². The molecule has 2 nitrogen and oxygen atoms in total. The van der Waals surface area contributed by atoms with Gasteiger partial charge in [0.05, 0.1) is 6.04 Å². The van der Waals surface area contributed by atoms with Crippen LogP contribution in [0.15, 0.2) is 40.2 Å². The SMILES string of the molecule is CC(Nc1cccc(CN2CCCC2)c1)c1cc(Br)cs1. The third-order valence-corrected chi connectivity index (χ3v) is 5.81. The van der Waals surface area contributed by atoms with Gasteiger partial charge >= 0.3 is 0 Å². The Kier molecular flexibility index (Phi) is 4.99. The Hall–Kier alpha value is -0.840. The van der Waals surface area contributed by atoms with Gasteiger partial charge in [-0.05, 0) is 72.5 Å². The molecular formula is C17H21BrN2S. The zero-order valence-corrected chi connectivity index (χ0v) is 14.7. The van der Waals surface area contributed by atoms with Crippen molar-refractivity contribution >= 4 is 33.0 Å². The highest BCUT2D eigenvalue weighted by molar-refractivity contribution is 9.10. The van der Waals surface area contributed by atoms with Gasteiger partial charge in [-0.25, -0.2) is 0 Å². The van der Waals surface area contributed by atoms with Crippen LogP contribution in [0.2, 0.25) is 0 Å². The predicted molar refractivity (Wildman–Crippen MR) is 95.0 cm³/mol. The molecule has 1 aromatic carbocycles. The second kappa shape index (κ2) is 6.95. The van der Waals surface area contributed by atoms with Gasteiger partial charge in [0.15, 0.2) is 0 Å². The molecule has 4 heteroatoms. The van der Waals surface area contributed by atoms with Crippen molar-refractivity contribution in [2.75, 3.05) is 18.4 Å². The maximum absolute atomic E-state index is 3.61. The number of hydrogen-bond donors (Lipinski definition) is 1. The molecule has 0 amide bonds. The van der Waals surface area contributed by atoms with Crippen LogP contribution in [0.3, 0.4) is 0 Å². The van der Waals surface area contributed by atoms with Crippen LogP contribution in [0.4, 0.5) is 5.69 Å². The van der Waals surface area contributed by atoms with E-state index in [-0.39, 0.29) is 0 Å². The molecule has 1 atom stereocenters. The van der Waals surface area contributed by atoms with Crippen molar-refractivity contribution in [2.24, 2.45) is 0 Å². The minimum atomic E-state index is 0.336. The standard InChI is InChI=1S/C17H21BrN2S/c1-13(17-10-15(18)12-21-17)19-16-6-4-5-14(9-16)11-20-7-2-3-8-20/h4-6,9-10,12-13,19H,2-3,7-8,11H2,1H3. The van der Waals surface area contributed by atoms with Gasteiger partial charge in [0.1, 0.15) is 0 Å². The fourth-order valence-electron chi connectivity index (χ4n) is 2.83. The molecule has 0 bridgehead atoms. The van der Waals surface area contributed by atoms with Crippen molar-refractivity contribution in [3.63, 3.8) is 0 Å². The van der Waals surface area contributed by atoms with Crippen LogP contribution >= 0.6 is 27.3 Å². The number of nitrogens with zero attached hydrogens (tertiary/aromatic N) is 1. The molecule has 2 aromatic rings. The van der Waals surface area contributed by atoms with Crippen molar-refractivity contribution < 1.29 is 0 Å². The summed E-state index contributed by atoms with van der Waals surface area (Å²) in [5.74, 6) is 0. The van der Waals surface area contributed by atoms with Crippen LogP contribution in [0.1, 0.15) is 36.2 Å². The molecule has 3 rings (SSSR count). The monoisotopic (exact) mass is 364 g/mol. The molecule has 2 heterocycles. The zero-order valence-electron chi connectivity index (χ0n) is 12.3. The van der Waals surface area contributed by atoms with Crippen molar-refractivity contribution in [3.05, 3.63) is 50.6 Å². The Balaban J connectivity index is 1.65. The lowest BCUT2D eigenvalue weighted by Crippen LogP contribution is -2.18. The van der Waals surface area contributed by atoms with E-state index in [4.69, 9.17) is 0 Å². The lowest BCUT2D eigenvalue weighted by atomic mass is 10.1. The molecule has 1 N–H and O–H groups in total. The molecule has 21 heavy (non-hydrogen) atoms. The molecule has 1 aliphatic heterocycles. The maximum atomic E-state index is 3.61. The van der Waals surface area contributed by atoms with E-state index < -0.39 is 0 Å². The van der Waals surface area contributed by atoms with Gasteiger partial charge in [-0.15, -0.1) is 11.3 Å². The lowest BCUT2D eigenvalue weighted by molar-refractivity contribution is 0.331. The second-order valence-electron chi connectivity index (χ2n) is 5.72. The Morgan fingerprint density at radius 3 is 2.81 bits per heavy atom.